The summed E-state index contributed by atoms with van der Waals surface area (Å²) in [6.07, 6.45) is 0. The molecule has 2 aromatic rings. The molecule has 0 saturated heterocycles. The molecule has 0 bridgehead atoms. The summed E-state index contributed by atoms with van der Waals surface area (Å²) in [5.74, 6) is -0.0677. The smallest absolute Gasteiger partial charge is 0.276 e. The fourth-order valence-corrected chi connectivity index (χ4v) is 2.05. The molecule has 0 aliphatic carbocycles. The van der Waals surface area contributed by atoms with Crippen LogP contribution in [-0.2, 0) is 4.79 Å². The second-order valence-electron chi connectivity index (χ2n) is 4.02. The van der Waals surface area contributed by atoms with E-state index in [2.05, 4.69) is 10.9 Å². The van der Waals surface area contributed by atoms with Gasteiger partial charge in [0.2, 0.25) is 0 Å². The summed E-state index contributed by atoms with van der Waals surface area (Å²) in [7, 11) is 0. The Hall–Kier alpha value is -1.62. The number of rotatable bonds is 5. The topological polar surface area (TPSA) is 50.4 Å². The standard InChI is InChI=1S/C14H11Cl3N2O2/c15-10-6-12(17)13(7-11(10)16)21-8-14(20)19-18-9-4-2-1-3-5-9/h1-7,18H,8H2,(H,19,20). The van der Waals surface area contributed by atoms with Crippen LogP contribution in [0.25, 0.3) is 0 Å². The van der Waals surface area contributed by atoms with Gasteiger partial charge in [0, 0.05) is 6.07 Å². The number of anilines is 1. The minimum absolute atomic E-state index is 0.211. The average Bonchev–Trinajstić information content (AvgIpc) is 2.48. The highest BCUT2D eigenvalue weighted by atomic mass is 35.5. The van der Waals surface area contributed by atoms with Crippen LogP contribution in [0.3, 0.4) is 0 Å². The monoisotopic (exact) mass is 344 g/mol. The van der Waals surface area contributed by atoms with E-state index < -0.39 is 0 Å². The van der Waals surface area contributed by atoms with Crippen molar-refractivity contribution in [2.75, 3.05) is 12.0 Å². The molecule has 0 aliphatic rings. The van der Waals surface area contributed by atoms with Gasteiger partial charge in [-0.3, -0.25) is 15.6 Å². The SMILES string of the molecule is O=C(COc1cc(Cl)c(Cl)cc1Cl)NNc1ccccc1. The van der Waals surface area contributed by atoms with Crippen LogP contribution in [0, 0.1) is 0 Å². The lowest BCUT2D eigenvalue weighted by atomic mass is 10.3. The molecule has 1 amide bonds. The molecule has 0 spiro atoms. The Labute approximate surface area is 136 Å². The molecule has 7 heteroatoms. The molecule has 0 saturated carbocycles. The third-order valence-corrected chi connectivity index (χ3v) is 3.47. The largest absolute Gasteiger partial charge is 0.482 e. The zero-order valence-electron chi connectivity index (χ0n) is 10.7. The first kappa shape index (κ1) is 15.8. The van der Waals surface area contributed by atoms with E-state index in [9.17, 15) is 4.79 Å². The van der Waals surface area contributed by atoms with Gasteiger partial charge in [-0.1, -0.05) is 53.0 Å². The normalized spacial score (nSPS) is 10.0. The number of benzene rings is 2. The van der Waals surface area contributed by atoms with Crippen molar-refractivity contribution in [3.63, 3.8) is 0 Å². The molecule has 0 heterocycles. The highest BCUT2D eigenvalue weighted by Gasteiger charge is 2.09. The molecular weight excluding hydrogens is 335 g/mol. The molecule has 2 aromatic carbocycles. The lowest BCUT2D eigenvalue weighted by Gasteiger charge is -2.11. The van der Waals surface area contributed by atoms with Gasteiger partial charge in [0.1, 0.15) is 5.75 Å². The Balaban J connectivity index is 1.85. The van der Waals surface area contributed by atoms with Gasteiger partial charge in [-0.15, -0.1) is 0 Å². The van der Waals surface area contributed by atoms with Gasteiger partial charge in [0.25, 0.3) is 5.91 Å². The van der Waals surface area contributed by atoms with E-state index in [4.69, 9.17) is 39.5 Å². The van der Waals surface area contributed by atoms with Gasteiger partial charge < -0.3 is 4.74 Å². The van der Waals surface area contributed by atoms with Crippen molar-refractivity contribution in [1.82, 2.24) is 5.43 Å². The zero-order valence-corrected chi connectivity index (χ0v) is 13.0. The van der Waals surface area contributed by atoms with E-state index >= 15 is 0 Å². The highest BCUT2D eigenvalue weighted by molar-refractivity contribution is 6.43. The maximum absolute atomic E-state index is 11.7. The van der Waals surface area contributed by atoms with Crippen molar-refractivity contribution in [2.45, 2.75) is 0 Å². The fraction of sp³-hybridized carbons (Fsp3) is 0.0714. The molecule has 21 heavy (non-hydrogen) atoms. The van der Waals surface area contributed by atoms with Crippen LogP contribution in [0.15, 0.2) is 42.5 Å². The average molecular weight is 346 g/mol. The summed E-state index contributed by atoms with van der Waals surface area (Å²) >= 11 is 17.6. The van der Waals surface area contributed by atoms with Crippen LogP contribution in [0.2, 0.25) is 15.1 Å². The van der Waals surface area contributed by atoms with Crippen LogP contribution < -0.4 is 15.6 Å². The van der Waals surface area contributed by atoms with Crippen molar-refractivity contribution in [2.24, 2.45) is 0 Å². The number of hydrogen-bond acceptors (Lipinski definition) is 3. The Morgan fingerprint density at radius 2 is 1.67 bits per heavy atom. The number of halogens is 3. The van der Waals surface area contributed by atoms with Gasteiger partial charge in [-0.25, -0.2) is 0 Å². The van der Waals surface area contributed by atoms with E-state index in [1.807, 2.05) is 30.3 Å². The number of carbonyl (C=O) groups is 1. The third-order valence-electron chi connectivity index (χ3n) is 2.45. The molecule has 2 N–H and O–H groups in total. The number of para-hydroxylation sites is 1. The summed E-state index contributed by atoms with van der Waals surface area (Å²) < 4.78 is 5.30. The predicted octanol–water partition coefficient (Wildman–Crippen LogP) is 4.17. The van der Waals surface area contributed by atoms with Gasteiger partial charge in [0.05, 0.1) is 20.8 Å². The van der Waals surface area contributed by atoms with Crippen molar-refractivity contribution in [3.05, 3.63) is 57.5 Å². The molecule has 0 aliphatic heterocycles. The first-order valence-corrected chi connectivity index (χ1v) is 7.07. The number of hydrogen-bond donors (Lipinski definition) is 2. The molecule has 0 unspecified atom stereocenters. The number of nitrogens with one attached hydrogen (secondary N) is 2. The number of hydrazine groups is 1. The van der Waals surface area contributed by atoms with Gasteiger partial charge >= 0.3 is 0 Å². The summed E-state index contributed by atoms with van der Waals surface area (Å²) in [6.45, 7) is -0.211. The van der Waals surface area contributed by atoms with Gasteiger partial charge in [-0.2, -0.15) is 0 Å². The molecule has 110 valence electrons. The highest BCUT2D eigenvalue weighted by Crippen LogP contribution is 2.33. The third kappa shape index (κ3) is 4.70. The van der Waals surface area contributed by atoms with E-state index in [0.717, 1.165) is 5.69 Å². The van der Waals surface area contributed by atoms with E-state index in [1.54, 1.807) is 0 Å². The predicted molar refractivity (Wildman–Crippen MR) is 85.2 cm³/mol. The first-order chi connectivity index (χ1) is 10.1. The molecule has 0 radical (unpaired) electrons. The van der Waals surface area contributed by atoms with E-state index in [1.165, 1.54) is 12.1 Å². The van der Waals surface area contributed by atoms with Crippen LogP contribution in [-0.4, -0.2) is 12.5 Å². The Bertz CT molecular complexity index is 636. The van der Waals surface area contributed by atoms with Crippen molar-refractivity contribution < 1.29 is 9.53 Å². The maximum Gasteiger partial charge on any atom is 0.276 e. The lowest BCUT2D eigenvalue weighted by Crippen LogP contribution is -2.33. The first-order valence-electron chi connectivity index (χ1n) is 5.93. The number of amides is 1. The summed E-state index contributed by atoms with van der Waals surface area (Å²) in [5, 5.41) is 0.913. The Kier molecular flexibility index (Phi) is 5.56. The quantitative estimate of drug-likeness (QED) is 0.631. The molecule has 0 atom stereocenters. The van der Waals surface area contributed by atoms with Gasteiger partial charge in [-0.05, 0) is 18.2 Å². The van der Waals surface area contributed by atoms with Gasteiger partial charge in [0.15, 0.2) is 6.61 Å². The molecule has 0 fully saturated rings. The van der Waals surface area contributed by atoms with Crippen molar-refractivity contribution >= 4 is 46.4 Å². The van der Waals surface area contributed by atoms with Crippen LogP contribution in [0.1, 0.15) is 0 Å². The Morgan fingerprint density at radius 3 is 2.38 bits per heavy atom. The second kappa shape index (κ2) is 7.41. The second-order valence-corrected chi connectivity index (χ2v) is 5.25. The molecule has 4 nitrogen and oxygen atoms in total. The minimum Gasteiger partial charge on any atom is -0.482 e. The lowest BCUT2D eigenvalue weighted by molar-refractivity contribution is -0.122. The van der Waals surface area contributed by atoms with Crippen LogP contribution in [0.4, 0.5) is 5.69 Å². The summed E-state index contributed by atoms with van der Waals surface area (Å²) in [4.78, 5) is 11.7. The minimum atomic E-state index is -0.360. The maximum atomic E-state index is 11.7. The van der Waals surface area contributed by atoms with Crippen LogP contribution in [0.5, 0.6) is 5.75 Å². The van der Waals surface area contributed by atoms with Crippen LogP contribution >= 0.6 is 34.8 Å². The number of ether oxygens (including phenoxy) is 1. The van der Waals surface area contributed by atoms with E-state index in [0.29, 0.717) is 15.8 Å². The zero-order chi connectivity index (χ0) is 15.2. The van der Waals surface area contributed by atoms with Crippen molar-refractivity contribution in [1.29, 1.82) is 0 Å². The number of carbonyl (C=O) groups excluding carboxylic acids is 1. The molecule has 2 rings (SSSR count). The van der Waals surface area contributed by atoms with Crippen molar-refractivity contribution in [3.8, 4) is 5.75 Å². The Morgan fingerprint density at radius 1 is 1.00 bits per heavy atom. The summed E-state index contributed by atoms with van der Waals surface area (Å²) in [6, 6.07) is 12.1. The summed E-state index contributed by atoms with van der Waals surface area (Å²) in [5.41, 5.74) is 6.02. The fourth-order valence-electron chi connectivity index (χ4n) is 1.46. The van der Waals surface area contributed by atoms with E-state index in [-0.39, 0.29) is 17.5 Å². The molecular formula is C14H11Cl3N2O2. The molecule has 0 aromatic heterocycles.